The molecule has 0 aromatic heterocycles. The fraction of sp³-hybridized carbons (Fsp3) is 0.486. The summed E-state index contributed by atoms with van der Waals surface area (Å²) >= 11 is 0. The van der Waals surface area contributed by atoms with Gasteiger partial charge in [-0.2, -0.15) is 0 Å². The third kappa shape index (κ3) is 18.9. The van der Waals surface area contributed by atoms with Gasteiger partial charge in [-0.25, -0.2) is 9.59 Å². The number of hydrogen-bond acceptors (Lipinski definition) is 11. The Balaban J connectivity index is 1.87. The van der Waals surface area contributed by atoms with Gasteiger partial charge in [0.2, 0.25) is 11.8 Å². The van der Waals surface area contributed by atoms with Gasteiger partial charge in [0, 0.05) is 19.4 Å². The van der Waals surface area contributed by atoms with Gasteiger partial charge in [0.05, 0.1) is 19.8 Å². The van der Waals surface area contributed by atoms with E-state index in [0.717, 1.165) is 11.1 Å². The lowest BCUT2D eigenvalue weighted by Gasteiger charge is -2.22. The van der Waals surface area contributed by atoms with Crippen molar-refractivity contribution in [3.05, 3.63) is 71.8 Å². The minimum Gasteiger partial charge on any atom is -0.461 e. The smallest absolute Gasteiger partial charge is 0.407 e. The van der Waals surface area contributed by atoms with Crippen molar-refractivity contribution >= 4 is 36.1 Å². The molecule has 0 spiro atoms. The van der Waals surface area contributed by atoms with Gasteiger partial charge < -0.3 is 44.4 Å². The number of carbonyl (C=O) groups is 6. The Labute approximate surface area is 286 Å². The van der Waals surface area contributed by atoms with Crippen molar-refractivity contribution in [1.29, 1.82) is 0 Å². The van der Waals surface area contributed by atoms with Crippen molar-refractivity contribution in [2.75, 3.05) is 33.0 Å². The number of carbonyl (C=O) groups excluding carboxylic acids is 6. The summed E-state index contributed by atoms with van der Waals surface area (Å²) in [5, 5.41) is 7.63. The van der Waals surface area contributed by atoms with Gasteiger partial charge in [-0.05, 0) is 44.7 Å². The number of nitrogens with one attached hydrogen (secondary N) is 3. The Kier molecular flexibility index (Phi) is 18.7. The van der Waals surface area contributed by atoms with E-state index in [4.69, 9.17) is 23.7 Å². The Morgan fingerprint density at radius 3 is 1.98 bits per heavy atom. The average Bonchev–Trinajstić information content (AvgIpc) is 3.07. The van der Waals surface area contributed by atoms with E-state index in [2.05, 4.69) is 16.0 Å². The predicted molar refractivity (Wildman–Crippen MR) is 177 cm³/mol. The lowest BCUT2D eigenvalue weighted by atomic mass is 10.1. The molecule has 0 saturated heterocycles. The van der Waals surface area contributed by atoms with Crippen LogP contribution in [0.2, 0.25) is 0 Å². The SMILES string of the molecule is CC(C)(C)OC(=O)NCCOCCOCC(=O)NC(CCC=O)C(=O)NC(CCC(=O)OCc1ccccc1)C(=O)OCc1ccccc1. The van der Waals surface area contributed by atoms with Crippen LogP contribution in [0.4, 0.5) is 4.79 Å². The van der Waals surface area contributed by atoms with E-state index in [1.807, 2.05) is 24.3 Å². The fourth-order valence-corrected chi connectivity index (χ4v) is 4.09. The highest BCUT2D eigenvalue weighted by molar-refractivity contribution is 5.91. The van der Waals surface area contributed by atoms with Gasteiger partial charge in [0.15, 0.2) is 0 Å². The first-order valence-electron chi connectivity index (χ1n) is 16.0. The first kappa shape index (κ1) is 40.4. The van der Waals surface area contributed by atoms with Gasteiger partial charge in [-0.15, -0.1) is 0 Å². The van der Waals surface area contributed by atoms with Crippen LogP contribution in [0, 0.1) is 0 Å². The highest BCUT2D eigenvalue weighted by Gasteiger charge is 2.28. The van der Waals surface area contributed by atoms with Gasteiger partial charge in [-0.3, -0.25) is 14.4 Å². The molecule has 2 aromatic carbocycles. The molecule has 0 aliphatic heterocycles. The molecule has 3 amide bonds. The van der Waals surface area contributed by atoms with E-state index in [0.29, 0.717) is 6.29 Å². The summed E-state index contributed by atoms with van der Waals surface area (Å²) < 4.78 is 26.5. The standard InChI is InChI=1S/C35H47N3O11/c1-35(2,3)49-34(44)36-18-20-45-21-22-46-25-30(40)37-28(15-10-19-39)32(42)38-29(33(43)48-24-27-13-8-5-9-14-27)16-17-31(41)47-23-26-11-6-4-7-12-26/h4-9,11-14,19,28-29H,10,15-18,20-25H2,1-3H3,(H,36,44)(H,37,40)(H,38,42). The lowest BCUT2D eigenvalue weighted by Crippen LogP contribution is -2.52. The number of aldehydes is 1. The van der Waals surface area contributed by atoms with Crippen molar-refractivity contribution in [3.8, 4) is 0 Å². The van der Waals surface area contributed by atoms with Gasteiger partial charge >= 0.3 is 18.0 Å². The Bertz CT molecular complexity index is 1320. The molecule has 49 heavy (non-hydrogen) atoms. The summed E-state index contributed by atoms with van der Waals surface area (Å²) in [7, 11) is 0. The molecule has 0 fully saturated rings. The zero-order valence-electron chi connectivity index (χ0n) is 28.3. The van der Waals surface area contributed by atoms with Crippen molar-refractivity contribution in [2.45, 2.75) is 77.4 Å². The lowest BCUT2D eigenvalue weighted by molar-refractivity contribution is -0.151. The van der Waals surface area contributed by atoms with E-state index < -0.39 is 54.1 Å². The van der Waals surface area contributed by atoms with Gasteiger partial charge in [0.25, 0.3) is 0 Å². The Morgan fingerprint density at radius 1 is 0.755 bits per heavy atom. The number of hydrogen-bond donors (Lipinski definition) is 3. The topological polar surface area (TPSA) is 185 Å². The molecule has 268 valence electrons. The molecule has 2 rings (SSSR count). The van der Waals surface area contributed by atoms with Crippen molar-refractivity contribution in [1.82, 2.24) is 16.0 Å². The number of alkyl carbamates (subject to hydrolysis) is 1. The van der Waals surface area contributed by atoms with Crippen LogP contribution in [0.5, 0.6) is 0 Å². The summed E-state index contributed by atoms with van der Waals surface area (Å²) in [6, 6.07) is 15.6. The molecule has 14 nitrogen and oxygen atoms in total. The first-order valence-corrected chi connectivity index (χ1v) is 16.0. The van der Waals surface area contributed by atoms with E-state index >= 15 is 0 Å². The van der Waals surface area contributed by atoms with Crippen LogP contribution in [-0.4, -0.2) is 86.8 Å². The summed E-state index contributed by atoms with van der Waals surface area (Å²) in [5.41, 5.74) is 0.906. The molecule has 0 bridgehead atoms. The molecule has 2 atom stereocenters. The van der Waals surface area contributed by atoms with Crippen LogP contribution in [0.25, 0.3) is 0 Å². The maximum absolute atomic E-state index is 13.3. The van der Waals surface area contributed by atoms with Crippen molar-refractivity contribution < 1.29 is 52.5 Å². The summed E-state index contributed by atoms with van der Waals surface area (Å²) in [4.78, 5) is 74.1. The van der Waals surface area contributed by atoms with Crippen LogP contribution in [-0.2, 0) is 60.9 Å². The second-order valence-corrected chi connectivity index (χ2v) is 11.8. The van der Waals surface area contributed by atoms with Crippen LogP contribution in [0.15, 0.2) is 60.7 Å². The second kappa shape index (κ2) is 22.7. The van der Waals surface area contributed by atoms with E-state index in [1.165, 1.54) is 0 Å². The van der Waals surface area contributed by atoms with Crippen LogP contribution in [0.1, 0.15) is 57.6 Å². The molecule has 2 unspecified atom stereocenters. The summed E-state index contributed by atoms with van der Waals surface area (Å²) in [6.45, 7) is 5.46. The number of esters is 2. The normalized spacial score (nSPS) is 12.1. The van der Waals surface area contributed by atoms with E-state index in [1.54, 1.807) is 57.2 Å². The molecule has 0 radical (unpaired) electrons. The maximum atomic E-state index is 13.3. The number of ether oxygens (including phenoxy) is 5. The molecular formula is C35H47N3O11. The Hall–Kier alpha value is -4.82. The number of amides is 3. The Morgan fingerprint density at radius 2 is 1.37 bits per heavy atom. The largest absolute Gasteiger partial charge is 0.461 e. The molecule has 0 aliphatic rings. The van der Waals surface area contributed by atoms with E-state index in [-0.39, 0.29) is 65.3 Å². The molecule has 2 aromatic rings. The highest BCUT2D eigenvalue weighted by atomic mass is 16.6. The maximum Gasteiger partial charge on any atom is 0.407 e. The van der Waals surface area contributed by atoms with Gasteiger partial charge in [0.1, 0.15) is 43.8 Å². The quantitative estimate of drug-likeness (QED) is 0.0717. The predicted octanol–water partition coefficient (Wildman–Crippen LogP) is 2.76. The number of benzene rings is 2. The zero-order chi connectivity index (χ0) is 35.9. The summed E-state index contributed by atoms with van der Waals surface area (Å²) in [6.07, 6.45) is -0.367. The van der Waals surface area contributed by atoms with Crippen LogP contribution in [0.3, 0.4) is 0 Å². The second-order valence-electron chi connectivity index (χ2n) is 11.8. The van der Waals surface area contributed by atoms with Crippen LogP contribution < -0.4 is 16.0 Å². The molecule has 14 heteroatoms. The molecule has 0 saturated carbocycles. The highest BCUT2D eigenvalue weighted by Crippen LogP contribution is 2.10. The van der Waals surface area contributed by atoms with Crippen molar-refractivity contribution in [2.24, 2.45) is 0 Å². The average molecular weight is 686 g/mol. The first-order chi connectivity index (χ1) is 23.5. The molecule has 0 aliphatic carbocycles. The molecular weight excluding hydrogens is 638 g/mol. The molecule has 0 heterocycles. The van der Waals surface area contributed by atoms with Crippen LogP contribution >= 0.6 is 0 Å². The van der Waals surface area contributed by atoms with E-state index in [9.17, 15) is 28.8 Å². The third-order valence-corrected chi connectivity index (χ3v) is 6.45. The minimum absolute atomic E-state index is 0.0419. The fourth-order valence-electron chi connectivity index (χ4n) is 4.09. The zero-order valence-corrected chi connectivity index (χ0v) is 28.3. The minimum atomic E-state index is -1.24. The van der Waals surface area contributed by atoms with Crippen molar-refractivity contribution in [3.63, 3.8) is 0 Å². The van der Waals surface area contributed by atoms with Gasteiger partial charge in [-0.1, -0.05) is 60.7 Å². The summed E-state index contributed by atoms with van der Waals surface area (Å²) in [5.74, 6) is -2.73. The monoisotopic (exact) mass is 685 g/mol. The number of rotatable bonds is 22. The third-order valence-electron chi connectivity index (χ3n) is 6.45. The molecule has 3 N–H and O–H groups in total.